The first kappa shape index (κ1) is 25.2. The van der Waals surface area contributed by atoms with Crippen LogP contribution < -0.4 is 4.74 Å². The number of aromatic nitrogens is 1. The van der Waals surface area contributed by atoms with E-state index in [4.69, 9.17) is 4.74 Å². The zero-order chi connectivity index (χ0) is 25.6. The molecule has 2 saturated heterocycles. The Labute approximate surface area is 196 Å². The van der Waals surface area contributed by atoms with Crippen LogP contribution in [0.5, 0.6) is 5.88 Å². The van der Waals surface area contributed by atoms with E-state index in [0.717, 1.165) is 28.6 Å². The van der Waals surface area contributed by atoms with Crippen molar-refractivity contribution in [2.75, 3.05) is 19.6 Å². The van der Waals surface area contributed by atoms with Crippen molar-refractivity contribution >= 4 is 15.9 Å². The van der Waals surface area contributed by atoms with Gasteiger partial charge in [0.2, 0.25) is 15.9 Å². The third-order valence-electron chi connectivity index (χ3n) is 5.85. The predicted octanol–water partition coefficient (Wildman–Crippen LogP) is 3.56. The first-order chi connectivity index (χ1) is 16.3. The van der Waals surface area contributed by atoms with Gasteiger partial charge >= 0.3 is 12.4 Å². The van der Waals surface area contributed by atoms with Crippen LogP contribution in [0.1, 0.15) is 24.0 Å². The Morgan fingerprint density at radius 3 is 2.11 bits per heavy atom. The summed E-state index contributed by atoms with van der Waals surface area (Å²) in [5.41, 5.74) is -1.95. The van der Waals surface area contributed by atoms with Crippen LogP contribution in [0.4, 0.5) is 26.3 Å². The van der Waals surface area contributed by atoms with Crippen molar-refractivity contribution in [3.05, 3.63) is 53.7 Å². The van der Waals surface area contributed by atoms with Gasteiger partial charge in [-0.3, -0.25) is 4.79 Å². The highest BCUT2D eigenvalue weighted by molar-refractivity contribution is 7.89. The normalized spacial score (nSPS) is 22.1. The van der Waals surface area contributed by atoms with E-state index < -0.39 is 51.6 Å². The summed E-state index contributed by atoms with van der Waals surface area (Å²) in [6.45, 7) is 0.188. The fourth-order valence-electron chi connectivity index (χ4n) is 4.09. The van der Waals surface area contributed by atoms with Crippen molar-refractivity contribution in [3.63, 3.8) is 0 Å². The van der Waals surface area contributed by atoms with Gasteiger partial charge in [0.25, 0.3) is 5.91 Å². The van der Waals surface area contributed by atoms with Gasteiger partial charge in [-0.25, -0.2) is 13.4 Å². The fraction of sp³-hybridized carbons (Fsp3) is 0.429. The number of pyridine rings is 1. The average Bonchev–Trinajstić information content (AvgIpc) is 2.94. The first-order valence-corrected chi connectivity index (χ1v) is 11.9. The number of hydrogen-bond donors (Lipinski definition) is 0. The molecule has 4 rings (SSSR count). The van der Waals surface area contributed by atoms with Crippen LogP contribution in [0.25, 0.3) is 0 Å². The molecule has 1 amide bonds. The molecule has 2 atom stereocenters. The van der Waals surface area contributed by atoms with Gasteiger partial charge < -0.3 is 9.64 Å². The SMILES string of the molecule is O=C1[C@H](Oc2ccc(C(F)(F)F)cn2)C[C@H]2CN(S(=O)(=O)c3ccc(C(F)(F)F)cc3)CCCN12. The molecule has 3 heterocycles. The Balaban J connectivity index is 1.47. The minimum Gasteiger partial charge on any atom is -0.464 e. The lowest BCUT2D eigenvalue weighted by molar-refractivity contribution is -0.138. The van der Waals surface area contributed by atoms with Crippen LogP contribution in [0, 0.1) is 0 Å². The topological polar surface area (TPSA) is 79.8 Å². The molecule has 0 radical (unpaired) electrons. The van der Waals surface area contributed by atoms with E-state index in [9.17, 15) is 39.6 Å². The van der Waals surface area contributed by atoms with Gasteiger partial charge in [0, 0.05) is 44.4 Å². The molecule has 14 heteroatoms. The first-order valence-electron chi connectivity index (χ1n) is 10.4. The highest BCUT2D eigenvalue weighted by Crippen LogP contribution is 2.33. The maximum Gasteiger partial charge on any atom is 0.417 e. The lowest BCUT2D eigenvalue weighted by Crippen LogP contribution is -2.40. The monoisotopic (exact) mass is 523 g/mol. The molecule has 2 aliphatic heterocycles. The van der Waals surface area contributed by atoms with Crippen molar-refractivity contribution in [2.45, 2.75) is 42.2 Å². The van der Waals surface area contributed by atoms with E-state index in [1.54, 1.807) is 0 Å². The van der Waals surface area contributed by atoms with Gasteiger partial charge in [0.05, 0.1) is 16.0 Å². The molecular weight excluding hydrogens is 504 g/mol. The lowest BCUT2D eigenvalue weighted by Gasteiger charge is -2.25. The fourth-order valence-corrected chi connectivity index (χ4v) is 5.61. The summed E-state index contributed by atoms with van der Waals surface area (Å²) in [7, 11) is -4.13. The Bertz CT molecular complexity index is 1180. The maximum atomic E-state index is 13.1. The number of hydrogen-bond acceptors (Lipinski definition) is 5. The van der Waals surface area contributed by atoms with E-state index in [1.165, 1.54) is 4.90 Å². The molecule has 2 fully saturated rings. The number of alkyl halides is 6. The number of amides is 1. The zero-order valence-corrected chi connectivity index (χ0v) is 18.7. The summed E-state index contributed by atoms with van der Waals surface area (Å²) < 4.78 is 109. The molecule has 0 spiro atoms. The highest BCUT2D eigenvalue weighted by Gasteiger charge is 2.45. The molecule has 2 aromatic rings. The third-order valence-corrected chi connectivity index (χ3v) is 7.73. The second-order valence-corrected chi connectivity index (χ2v) is 10.1. The summed E-state index contributed by atoms with van der Waals surface area (Å²) in [6, 6.07) is 4.37. The van der Waals surface area contributed by atoms with Crippen LogP contribution in [0.2, 0.25) is 0 Å². The summed E-state index contributed by atoms with van der Waals surface area (Å²) in [6.07, 6.45) is -9.29. The minimum atomic E-state index is -4.60. The van der Waals surface area contributed by atoms with Crippen molar-refractivity contribution in [3.8, 4) is 5.88 Å². The van der Waals surface area contributed by atoms with Crippen molar-refractivity contribution in [2.24, 2.45) is 0 Å². The average molecular weight is 523 g/mol. The standard InChI is InChI=1S/C21H19F6N3O4S/c22-20(23,24)13-2-5-16(6-3-13)35(32,33)29-8-1-9-30-15(12-29)10-17(19(30)31)34-18-7-4-14(11-28-18)21(25,26)27/h2-7,11,15,17H,1,8-10,12H2/t15-,17+/m0/s1. The Kier molecular flexibility index (Phi) is 6.47. The summed E-state index contributed by atoms with van der Waals surface area (Å²) in [5.74, 6) is -0.617. The Morgan fingerprint density at radius 2 is 1.54 bits per heavy atom. The zero-order valence-electron chi connectivity index (χ0n) is 17.9. The van der Waals surface area contributed by atoms with Gasteiger partial charge in [0.15, 0.2) is 6.10 Å². The molecule has 1 aromatic carbocycles. The number of ether oxygens (including phenoxy) is 1. The number of carbonyl (C=O) groups excluding carboxylic acids is 1. The number of benzene rings is 1. The van der Waals surface area contributed by atoms with Crippen LogP contribution in [0.3, 0.4) is 0 Å². The number of sulfonamides is 1. The number of carbonyl (C=O) groups is 1. The van der Waals surface area contributed by atoms with Crippen LogP contribution >= 0.6 is 0 Å². The molecule has 7 nitrogen and oxygen atoms in total. The lowest BCUT2D eigenvalue weighted by atomic mass is 10.2. The molecular formula is C21H19F6N3O4S. The van der Waals surface area contributed by atoms with Crippen molar-refractivity contribution in [1.82, 2.24) is 14.2 Å². The van der Waals surface area contributed by atoms with Gasteiger partial charge in [-0.05, 0) is 36.8 Å². The van der Waals surface area contributed by atoms with E-state index in [2.05, 4.69) is 4.98 Å². The molecule has 0 aliphatic carbocycles. The minimum absolute atomic E-state index is 0.0651. The largest absolute Gasteiger partial charge is 0.464 e. The molecule has 0 bridgehead atoms. The Hall–Kier alpha value is -2.87. The van der Waals surface area contributed by atoms with E-state index in [0.29, 0.717) is 18.3 Å². The quantitative estimate of drug-likeness (QED) is 0.573. The van der Waals surface area contributed by atoms with E-state index >= 15 is 0 Å². The van der Waals surface area contributed by atoms with Crippen molar-refractivity contribution in [1.29, 1.82) is 0 Å². The van der Waals surface area contributed by atoms with Gasteiger partial charge in [-0.1, -0.05) is 0 Å². The molecule has 2 aliphatic rings. The van der Waals surface area contributed by atoms with Gasteiger partial charge in [-0.2, -0.15) is 30.6 Å². The number of nitrogens with zero attached hydrogens (tertiary/aromatic N) is 3. The summed E-state index contributed by atoms with van der Waals surface area (Å²) >= 11 is 0. The van der Waals surface area contributed by atoms with Gasteiger partial charge in [0.1, 0.15) is 0 Å². The molecule has 0 N–H and O–H groups in total. The molecule has 190 valence electrons. The highest BCUT2D eigenvalue weighted by atomic mass is 32.2. The molecule has 35 heavy (non-hydrogen) atoms. The second-order valence-electron chi connectivity index (χ2n) is 8.15. The van der Waals surface area contributed by atoms with Gasteiger partial charge in [-0.15, -0.1) is 0 Å². The molecule has 1 aromatic heterocycles. The number of fused-ring (bicyclic) bond motifs is 1. The number of halogens is 6. The second kappa shape index (κ2) is 8.97. The predicted molar refractivity (Wildman–Crippen MR) is 109 cm³/mol. The van der Waals surface area contributed by atoms with E-state index in [-0.39, 0.29) is 43.3 Å². The van der Waals surface area contributed by atoms with Crippen LogP contribution in [-0.2, 0) is 27.2 Å². The van der Waals surface area contributed by atoms with E-state index in [1.807, 2.05) is 0 Å². The molecule has 0 unspecified atom stereocenters. The van der Waals surface area contributed by atoms with Crippen LogP contribution in [-0.4, -0.2) is 60.3 Å². The smallest absolute Gasteiger partial charge is 0.417 e. The molecule has 0 saturated carbocycles. The summed E-state index contributed by atoms with van der Waals surface area (Å²) in [5, 5.41) is 0. The Morgan fingerprint density at radius 1 is 0.914 bits per heavy atom. The van der Waals surface area contributed by atoms with Crippen LogP contribution in [0.15, 0.2) is 47.5 Å². The van der Waals surface area contributed by atoms with Crippen molar-refractivity contribution < 1.29 is 44.3 Å². The number of rotatable bonds is 4. The maximum absolute atomic E-state index is 13.1. The summed E-state index contributed by atoms with van der Waals surface area (Å²) in [4.78, 5) is 17.6. The third kappa shape index (κ3) is 5.22.